The number of rotatable bonds is 78. The Morgan fingerprint density at radius 1 is 0.279 bits per heavy atom. The van der Waals surface area contributed by atoms with Crippen LogP contribution in [0.15, 0.2) is 97.2 Å². The number of esters is 4. The summed E-state index contributed by atoms with van der Waals surface area (Å²) in [6.07, 6.45) is 82.5. The van der Waals surface area contributed by atoms with Gasteiger partial charge in [0, 0.05) is 25.7 Å². The predicted molar refractivity (Wildman–Crippen MR) is 427 cm³/mol. The molecule has 5 atom stereocenters. The van der Waals surface area contributed by atoms with Crippen LogP contribution in [0.2, 0.25) is 0 Å². The molecule has 602 valence electrons. The van der Waals surface area contributed by atoms with Crippen molar-refractivity contribution in [1.29, 1.82) is 0 Å². The van der Waals surface area contributed by atoms with E-state index in [1.54, 1.807) is 0 Å². The first-order valence-corrected chi connectivity index (χ1v) is 44.5. The van der Waals surface area contributed by atoms with Gasteiger partial charge in [-0.3, -0.25) is 37.3 Å². The van der Waals surface area contributed by atoms with E-state index in [2.05, 4.69) is 107 Å². The Balaban J connectivity index is 5.41. The Morgan fingerprint density at radius 2 is 0.519 bits per heavy atom. The zero-order valence-electron chi connectivity index (χ0n) is 65.9. The van der Waals surface area contributed by atoms with Crippen molar-refractivity contribution in [3.8, 4) is 0 Å². The third-order valence-electron chi connectivity index (χ3n) is 17.5. The number of hydrogen-bond donors (Lipinski definition) is 3. The molecule has 0 aromatic heterocycles. The van der Waals surface area contributed by atoms with Gasteiger partial charge in [-0.2, -0.15) is 0 Å². The van der Waals surface area contributed by atoms with Crippen molar-refractivity contribution in [1.82, 2.24) is 0 Å². The monoisotopic (exact) mass is 1510 g/mol. The Hall–Kier alpha value is -4.02. The lowest BCUT2D eigenvalue weighted by Crippen LogP contribution is -2.30. The van der Waals surface area contributed by atoms with Crippen LogP contribution in [-0.4, -0.2) is 96.7 Å². The Kier molecular flexibility index (Phi) is 74.2. The maximum atomic E-state index is 13.1. The molecule has 0 bridgehead atoms. The molecule has 19 heteroatoms. The van der Waals surface area contributed by atoms with Gasteiger partial charge in [0.2, 0.25) is 0 Å². The first-order valence-electron chi connectivity index (χ1n) is 41.5. The lowest BCUT2D eigenvalue weighted by molar-refractivity contribution is -0.161. The Labute approximate surface area is 633 Å². The molecular weight excluding hydrogens is 1350 g/mol. The van der Waals surface area contributed by atoms with Crippen molar-refractivity contribution in [3.63, 3.8) is 0 Å². The van der Waals surface area contributed by atoms with Crippen LogP contribution >= 0.6 is 15.6 Å². The average Bonchev–Trinajstić information content (AvgIpc) is 0.918. The largest absolute Gasteiger partial charge is 0.472 e. The van der Waals surface area contributed by atoms with Crippen LogP contribution < -0.4 is 0 Å². The summed E-state index contributed by atoms with van der Waals surface area (Å²) in [5.41, 5.74) is 0. The highest BCUT2D eigenvalue weighted by Crippen LogP contribution is 2.45. The molecule has 0 heterocycles. The van der Waals surface area contributed by atoms with E-state index in [0.717, 1.165) is 148 Å². The maximum Gasteiger partial charge on any atom is 0.472 e. The van der Waals surface area contributed by atoms with Crippen LogP contribution in [0.4, 0.5) is 0 Å². The summed E-state index contributed by atoms with van der Waals surface area (Å²) in [6.45, 7) is 4.71. The van der Waals surface area contributed by atoms with Gasteiger partial charge in [0.15, 0.2) is 12.2 Å². The molecule has 0 aliphatic rings. The first kappa shape index (κ1) is 100.0. The van der Waals surface area contributed by atoms with Gasteiger partial charge in [-0.25, -0.2) is 9.13 Å². The smallest absolute Gasteiger partial charge is 0.462 e. The molecule has 3 N–H and O–H groups in total. The molecule has 0 radical (unpaired) electrons. The number of allylic oxidation sites excluding steroid dienone is 16. The molecule has 0 aromatic carbocycles. The van der Waals surface area contributed by atoms with Crippen molar-refractivity contribution >= 4 is 39.5 Å². The lowest BCUT2D eigenvalue weighted by Gasteiger charge is -2.21. The molecule has 0 aliphatic carbocycles. The second-order valence-corrected chi connectivity index (χ2v) is 30.6. The van der Waals surface area contributed by atoms with Crippen LogP contribution in [0.25, 0.3) is 0 Å². The highest BCUT2D eigenvalue weighted by atomic mass is 31.2. The van der Waals surface area contributed by atoms with Crippen molar-refractivity contribution in [2.24, 2.45) is 0 Å². The number of hydrogen-bond acceptors (Lipinski definition) is 15. The Morgan fingerprint density at radius 3 is 0.837 bits per heavy atom. The number of carbonyl (C=O) groups excluding carboxylic acids is 4. The molecule has 0 saturated heterocycles. The third kappa shape index (κ3) is 76.2. The van der Waals surface area contributed by atoms with Crippen molar-refractivity contribution in [3.05, 3.63) is 97.2 Å². The molecule has 0 aliphatic heterocycles. The van der Waals surface area contributed by atoms with E-state index in [4.69, 9.17) is 37.0 Å². The van der Waals surface area contributed by atoms with Gasteiger partial charge in [0.05, 0.1) is 26.4 Å². The summed E-state index contributed by atoms with van der Waals surface area (Å²) in [5, 5.41) is 10.7. The highest BCUT2D eigenvalue weighted by Gasteiger charge is 2.30. The normalized spacial score (nSPS) is 14.3. The summed E-state index contributed by atoms with van der Waals surface area (Å²) in [5.74, 6) is -2.26. The summed E-state index contributed by atoms with van der Waals surface area (Å²) >= 11 is 0. The molecule has 0 amide bonds. The van der Waals surface area contributed by atoms with Crippen LogP contribution in [0, 0.1) is 0 Å². The fraction of sp³-hybridized carbons (Fsp3) is 0.765. The van der Waals surface area contributed by atoms with Crippen LogP contribution in [0.3, 0.4) is 0 Å². The SMILES string of the molecule is CC/C=C\C/C=C\C/C=C\C/C=C\C/C=C\C/C=C\CCC(=O)OC[C@H](COP(=O)(O)OC[C@@H](O)COP(=O)(O)OC[C@@H](COC(=O)CCCCCCC/C=C\CCCCCCCC)OC(=O)CCCCCCCCCCCCCCCCC)OC(=O)CCCCCCCCC/C=C\CCCCCC. The number of unbranched alkanes of at least 4 members (excludes halogenated alkanes) is 36. The summed E-state index contributed by atoms with van der Waals surface area (Å²) in [7, 11) is -9.97. The van der Waals surface area contributed by atoms with Crippen LogP contribution in [0.1, 0.15) is 362 Å². The minimum Gasteiger partial charge on any atom is -0.462 e. The minimum absolute atomic E-state index is 0.0361. The molecule has 2 unspecified atom stereocenters. The fourth-order valence-corrected chi connectivity index (χ4v) is 12.8. The number of aliphatic hydroxyl groups excluding tert-OH is 1. The first-order chi connectivity index (χ1) is 50.7. The fourth-order valence-electron chi connectivity index (χ4n) is 11.2. The van der Waals surface area contributed by atoms with Gasteiger partial charge >= 0.3 is 39.5 Å². The zero-order valence-corrected chi connectivity index (χ0v) is 67.7. The zero-order chi connectivity index (χ0) is 76.0. The standard InChI is InChI=1S/C85H150O17P2/c1-5-9-13-17-21-25-29-33-37-38-39-40-44-46-50-54-58-62-66-70-83(88)96-76-81(102-85(90)72-68-64-60-56-52-48-43-36-32-28-24-20-16-12-8-4)78-100-104(93,94)98-74-79(86)73-97-103(91,92)99-77-80(101-84(89)71-67-63-59-55-51-47-42-35-31-27-23-19-15-11-7-3)75-95-82(87)69-65-61-57-53-49-45-41-34-30-26-22-18-14-10-6-2/h9,13,21,25,28,32-34,37,39-41,46,50,58,62,79-81,86H,5-8,10-12,14-20,22-24,26-27,29-31,35-36,38,42-45,47-49,51-57,59-61,63-78H2,1-4H3,(H,91,92)(H,93,94)/b13-9-,25-21-,32-28-,37-33-,40-39-,41-34-,50-46-,62-58-/t79-,80+,81+/m0/s1. The average molecular weight is 1510 g/mol. The van der Waals surface area contributed by atoms with Gasteiger partial charge in [-0.05, 0) is 116 Å². The van der Waals surface area contributed by atoms with E-state index >= 15 is 0 Å². The van der Waals surface area contributed by atoms with E-state index in [1.165, 1.54) is 128 Å². The molecule has 0 aromatic rings. The van der Waals surface area contributed by atoms with Crippen molar-refractivity contribution in [2.75, 3.05) is 39.6 Å². The number of phosphoric acid groups is 2. The van der Waals surface area contributed by atoms with E-state index < -0.39 is 97.5 Å². The highest BCUT2D eigenvalue weighted by molar-refractivity contribution is 7.47. The molecule has 17 nitrogen and oxygen atoms in total. The van der Waals surface area contributed by atoms with Gasteiger partial charge in [-0.15, -0.1) is 0 Å². The number of carbonyl (C=O) groups is 4. The molecule has 0 fully saturated rings. The second kappa shape index (κ2) is 77.1. The summed E-state index contributed by atoms with van der Waals surface area (Å²) in [4.78, 5) is 73.1. The van der Waals surface area contributed by atoms with Gasteiger partial charge in [-0.1, -0.05) is 318 Å². The van der Waals surface area contributed by atoms with E-state index in [-0.39, 0.29) is 25.7 Å². The molecular formula is C85H150O17P2. The topological polar surface area (TPSA) is 237 Å². The quantitative estimate of drug-likeness (QED) is 0.0169. The van der Waals surface area contributed by atoms with E-state index in [0.29, 0.717) is 32.1 Å². The lowest BCUT2D eigenvalue weighted by atomic mass is 10.0. The second-order valence-electron chi connectivity index (χ2n) is 27.7. The number of phosphoric ester groups is 2. The van der Waals surface area contributed by atoms with Gasteiger partial charge in [0.25, 0.3) is 0 Å². The summed E-state index contributed by atoms with van der Waals surface area (Å²) < 4.78 is 68.6. The van der Waals surface area contributed by atoms with Crippen LogP contribution in [0.5, 0.6) is 0 Å². The maximum absolute atomic E-state index is 13.1. The third-order valence-corrected chi connectivity index (χ3v) is 19.4. The number of ether oxygens (including phenoxy) is 4. The summed E-state index contributed by atoms with van der Waals surface area (Å²) in [6, 6.07) is 0. The Bertz CT molecular complexity index is 2350. The van der Waals surface area contributed by atoms with Crippen molar-refractivity contribution < 1.29 is 80.2 Å². The number of aliphatic hydroxyl groups is 1. The minimum atomic E-state index is -4.99. The van der Waals surface area contributed by atoms with Crippen molar-refractivity contribution in [2.45, 2.75) is 380 Å². The van der Waals surface area contributed by atoms with Gasteiger partial charge < -0.3 is 33.8 Å². The van der Waals surface area contributed by atoms with Crippen LogP contribution in [-0.2, 0) is 65.4 Å². The molecule has 0 saturated carbocycles. The molecule has 0 rings (SSSR count). The van der Waals surface area contributed by atoms with Gasteiger partial charge in [0.1, 0.15) is 19.3 Å². The molecule has 0 spiro atoms. The molecule has 104 heavy (non-hydrogen) atoms. The van der Waals surface area contributed by atoms with E-state index in [9.17, 15) is 43.2 Å². The van der Waals surface area contributed by atoms with E-state index in [1.807, 2.05) is 18.2 Å². The predicted octanol–water partition coefficient (Wildman–Crippen LogP) is 24.3.